The fourth-order valence-corrected chi connectivity index (χ4v) is 2.98. The Morgan fingerprint density at radius 1 is 1.23 bits per heavy atom. The molecule has 0 atom stereocenters. The Kier molecular flexibility index (Phi) is 6.25. The lowest BCUT2D eigenvalue weighted by Crippen LogP contribution is -2.41. The van der Waals surface area contributed by atoms with E-state index in [0.717, 1.165) is 22.0 Å². The van der Waals surface area contributed by atoms with Crippen LogP contribution in [0.15, 0.2) is 41.3 Å². The summed E-state index contributed by atoms with van der Waals surface area (Å²) < 4.78 is 38.5. The molecule has 0 radical (unpaired) electrons. The number of nitrogens with zero attached hydrogens (tertiary/aromatic N) is 2. The Labute approximate surface area is 131 Å². The summed E-state index contributed by atoms with van der Waals surface area (Å²) in [6, 6.07) is 4.50. The van der Waals surface area contributed by atoms with E-state index in [1.807, 2.05) is 6.92 Å². The second kappa shape index (κ2) is 7.51. The molecule has 122 valence electrons. The van der Waals surface area contributed by atoms with Crippen molar-refractivity contribution in [2.75, 3.05) is 26.7 Å². The van der Waals surface area contributed by atoms with E-state index in [1.165, 1.54) is 24.1 Å². The third-order valence-corrected chi connectivity index (χ3v) is 4.89. The van der Waals surface area contributed by atoms with Crippen LogP contribution in [0, 0.1) is 5.82 Å². The van der Waals surface area contributed by atoms with Gasteiger partial charge in [-0.15, -0.1) is 0 Å². The maximum Gasteiger partial charge on any atom is 0.243 e. The van der Waals surface area contributed by atoms with Gasteiger partial charge in [-0.3, -0.25) is 4.79 Å². The van der Waals surface area contributed by atoms with Gasteiger partial charge in [0.2, 0.25) is 15.9 Å². The van der Waals surface area contributed by atoms with E-state index < -0.39 is 15.8 Å². The number of carbonyl (C=O) groups excluding carboxylic acids is 1. The maximum atomic E-state index is 12.9. The lowest BCUT2D eigenvalue weighted by molar-refractivity contribution is -0.130. The third kappa shape index (κ3) is 4.64. The quantitative estimate of drug-likeness (QED) is 0.718. The molecular weight excluding hydrogens is 307 g/mol. The molecule has 0 bridgehead atoms. The number of hydrogen-bond acceptors (Lipinski definition) is 3. The van der Waals surface area contributed by atoms with Crippen LogP contribution in [0.3, 0.4) is 0 Å². The summed E-state index contributed by atoms with van der Waals surface area (Å²) in [7, 11) is -2.50. The first kappa shape index (κ1) is 18.3. The molecule has 0 aliphatic carbocycles. The van der Waals surface area contributed by atoms with Crippen LogP contribution < -0.4 is 0 Å². The zero-order chi connectivity index (χ0) is 16.9. The van der Waals surface area contributed by atoms with Crippen molar-refractivity contribution in [3.8, 4) is 0 Å². The largest absolute Gasteiger partial charge is 0.338 e. The van der Waals surface area contributed by atoms with Crippen molar-refractivity contribution in [2.45, 2.75) is 18.7 Å². The highest BCUT2D eigenvalue weighted by molar-refractivity contribution is 7.89. The fourth-order valence-electron chi connectivity index (χ4n) is 1.86. The molecule has 0 aliphatic heterocycles. The van der Waals surface area contributed by atoms with Crippen molar-refractivity contribution in [3.63, 3.8) is 0 Å². The molecule has 1 rings (SSSR count). The van der Waals surface area contributed by atoms with E-state index in [0.29, 0.717) is 13.1 Å². The van der Waals surface area contributed by atoms with Gasteiger partial charge < -0.3 is 4.90 Å². The van der Waals surface area contributed by atoms with Crippen LogP contribution in [0.5, 0.6) is 0 Å². The molecule has 0 spiro atoms. The van der Waals surface area contributed by atoms with Crippen molar-refractivity contribution >= 4 is 15.9 Å². The van der Waals surface area contributed by atoms with Gasteiger partial charge in [0.05, 0.1) is 11.4 Å². The number of carbonyl (C=O) groups is 1. The standard InChI is InChI=1S/C15H21FN2O3S/c1-5-18(10-12(2)3)15(19)11-17(4)22(20,21)14-8-6-13(16)7-9-14/h6-9H,2,5,10-11H2,1,3-4H3. The summed E-state index contributed by atoms with van der Waals surface area (Å²) in [5.41, 5.74) is 0.819. The van der Waals surface area contributed by atoms with E-state index in [-0.39, 0.29) is 17.3 Å². The molecule has 7 heteroatoms. The monoisotopic (exact) mass is 328 g/mol. The van der Waals surface area contributed by atoms with Gasteiger partial charge in [-0.05, 0) is 38.1 Å². The van der Waals surface area contributed by atoms with Gasteiger partial charge in [-0.1, -0.05) is 12.2 Å². The van der Waals surface area contributed by atoms with Gasteiger partial charge in [-0.25, -0.2) is 12.8 Å². The lowest BCUT2D eigenvalue weighted by Gasteiger charge is -2.24. The van der Waals surface area contributed by atoms with E-state index in [9.17, 15) is 17.6 Å². The van der Waals surface area contributed by atoms with Gasteiger partial charge in [0.15, 0.2) is 0 Å². The second-order valence-electron chi connectivity index (χ2n) is 5.08. The molecule has 22 heavy (non-hydrogen) atoms. The Hall–Kier alpha value is -1.73. The molecule has 0 N–H and O–H groups in total. The molecule has 1 aromatic carbocycles. The Balaban J connectivity index is 2.86. The van der Waals surface area contributed by atoms with Crippen LogP contribution in [0.4, 0.5) is 4.39 Å². The van der Waals surface area contributed by atoms with Crippen molar-refractivity contribution in [1.82, 2.24) is 9.21 Å². The zero-order valence-corrected chi connectivity index (χ0v) is 13.9. The third-order valence-electron chi connectivity index (χ3n) is 3.07. The summed E-state index contributed by atoms with van der Waals surface area (Å²) in [5.74, 6) is -0.824. The predicted octanol–water partition coefficient (Wildman–Crippen LogP) is 1.87. The van der Waals surface area contributed by atoms with Crippen LogP contribution in [0.25, 0.3) is 0 Å². The number of sulfonamides is 1. The first-order chi connectivity index (χ1) is 10.2. The lowest BCUT2D eigenvalue weighted by atomic mass is 10.3. The average Bonchev–Trinajstić information content (AvgIpc) is 2.44. The smallest absolute Gasteiger partial charge is 0.243 e. The minimum Gasteiger partial charge on any atom is -0.338 e. The molecule has 0 heterocycles. The van der Waals surface area contributed by atoms with Crippen molar-refractivity contribution in [3.05, 3.63) is 42.2 Å². The first-order valence-corrected chi connectivity index (χ1v) is 8.26. The van der Waals surface area contributed by atoms with E-state index in [1.54, 1.807) is 6.92 Å². The SMILES string of the molecule is C=C(C)CN(CC)C(=O)CN(C)S(=O)(=O)c1ccc(F)cc1. The van der Waals surface area contributed by atoms with Gasteiger partial charge in [0.1, 0.15) is 5.82 Å². The predicted molar refractivity (Wildman–Crippen MR) is 83.3 cm³/mol. The van der Waals surface area contributed by atoms with E-state index in [2.05, 4.69) is 6.58 Å². The van der Waals surface area contributed by atoms with Crippen LogP contribution >= 0.6 is 0 Å². The number of halogens is 1. The normalized spacial score (nSPS) is 11.5. The van der Waals surface area contributed by atoms with Crippen molar-refractivity contribution in [1.29, 1.82) is 0 Å². The van der Waals surface area contributed by atoms with Crippen molar-refractivity contribution in [2.24, 2.45) is 0 Å². The average molecular weight is 328 g/mol. The molecule has 1 aromatic rings. The number of amides is 1. The van der Waals surface area contributed by atoms with Crippen LogP contribution in [-0.2, 0) is 14.8 Å². The molecule has 1 amide bonds. The Morgan fingerprint density at radius 3 is 2.23 bits per heavy atom. The van der Waals surface area contributed by atoms with Crippen molar-refractivity contribution < 1.29 is 17.6 Å². The minimum absolute atomic E-state index is 0.0489. The number of rotatable bonds is 7. The summed E-state index contributed by atoms with van der Waals surface area (Å²) >= 11 is 0. The minimum atomic E-state index is -3.82. The van der Waals surface area contributed by atoms with E-state index in [4.69, 9.17) is 0 Å². The Bertz CT molecular complexity index is 641. The zero-order valence-electron chi connectivity index (χ0n) is 13.0. The Morgan fingerprint density at radius 2 is 1.77 bits per heavy atom. The summed E-state index contributed by atoms with van der Waals surface area (Å²) in [5, 5.41) is 0. The second-order valence-corrected chi connectivity index (χ2v) is 7.12. The van der Waals surface area contributed by atoms with Gasteiger partial charge in [-0.2, -0.15) is 4.31 Å². The molecule has 0 fully saturated rings. The molecule has 0 aliphatic rings. The fraction of sp³-hybridized carbons (Fsp3) is 0.400. The highest BCUT2D eigenvalue weighted by atomic mass is 32.2. The number of hydrogen-bond donors (Lipinski definition) is 0. The molecule has 0 aromatic heterocycles. The molecule has 0 saturated carbocycles. The number of likely N-dealkylation sites (N-methyl/N-ethyl adjacent to an activating group) is 2. The molecule has 0 saturated heterocycles. The summed E-state index contributed by atoms with van der Waals surface area (Å²) in [6.45, 7) is 7.94. The number of benzene rings is 1. The van der Waals surface area contributed by atoms with Crippen LogP contribution in [0.2, 0.25) is 0 Å². The summed E-state index contributed by atoms with van der Waals surface area (Å²) in [6.07, 6.45) is 0. The molecular formula is C15H21FN2O3S. The summed E-state index contributed by atoms with van der Waals surface area (Å²) in [4.78, 5) is 13.6. The molecule has 0 unspecified atom stereocenters. The topological polar surface area (TPSA) is 57.7 Å². The maximum absolute atomic E-state index is 12.9. The van der Waals surface area contributed by atoms with Crippen LogP contribution in [-0.4, -0.2) is 50.2 Å². The first-order valence-electron chi connectivity index (χ1n) is 6.82. The van der Waals surface area contributed by atoms with Crippen LogP contribution in [0.1, 0.15) is 13.8 Å². The highest BCUT2D eigenvalue weighted by Crippen LogP contribution is 2.15. The van der Waals surface area contributed by atoms with Gasteiger partial charge >= 0.3 is 0 Å². The van der Waals surface area contributed by atoms with Gasteiger partial charge in [0, 0.05) is 20.1 Å². The van der Waals surface area contributed by atoms with E-state index >= 15 is 0 Å². The highest BCUT2D eigenvalue weighted by Gasteiger charge is 2.24. The van der Waals surface area contributed by atoms with Gasteiger partial charge in [0.25, 0.3) is 0 Å². The molecule has 5 nitrogen and oxygen atoms in total.